The zero-order valence-corrected chi connectivity index (χ0v) is 15.0. The van der Waals surface area contributed by atoms with Crippen LogP contribution in [0, 0.1) is 0 Å². The molecule has 0 bridgehead atoms. The molecule has 0 aliphatic carbocycles. The number of ether oxygens (including phenoxy) is 1. The molecule has 0 saturated carbocycles. The van der Waals surface area contributed by atoms with E-state index in [1.807, 2.05) is 19.1 Å². The lowest BCUT2D eigenvalue weighted by atomic mass is 10.2. The molecule has 1 aliphatic heterocycles. The van der Waals surface area contributed by atoms with Crippen molar-refractivity contribution < 1.29 is 17.9 Å². The van der Waals surface area contributed by atoms with Crippen LogP contribution >= 0.6 is 0 Å². The number of piperazine rings is 1. The van der Waals surface area contributed by atoms with Gasteiger partial charge in [0, 0.05) is 39.3 Å². The molecule has 0 spiro atoms. The van der Waals surface area contributed by atoms with Crippen LogP contribution in [-0.2, 0) is 21.2 Å². The summed E-state index contributed by atoms with van der Waals surface area (Å²) in [6, 6.07) is 6.94. The number of nitrogens with zero attached hydrogens (tertiary/aromatic N) is 2. The smallest absolute Gasteiger partial charge is 0.409 e. The van der Waals surface area contributed by atoms with Crippen LogP contribution in [0.25, 0.3) is 0 Å². The quantitative estimate of drug-likeness (QED) is 0.821. The van der Waals surface area contributed by atoms with Crippen molar-refractivity contribution in [1.29, 1.82) is 0 Å². The first-order chi connectivity index (χ1) is 11.5. The molecule has 8 heteroatoms. The van der Waals surface area contributed by atoms with Crippen molar-refractivity contribution in [2.75, 3.05) is 46.4 Å². The van der Waals surface area contributed by atoms with Gasteiger partial charge in [-0.2, -0.15) is 0 Å². The van der Waals surface area contributed by atoms with E-state index in [9.17, 15) is 13.2 Å². The highest BCUT2D eigenvalue weighted by molar-refractivity contribution is 7.89. The average molecular weight is 355 g/mol. The third kappa shape index (κ3) is 4.93. The first kappa shape index (κ1) is 18.7. The minimum atomic E-state index is -3.48. The van der Waals surface area contributed by atoms with Gasteiger partial charge in [0.15, 0.2) is 0 Å². The van der Waals surface area contributed by atoms with Crippen molar-refractivity contribution in [2.24, 2.45) is 0 Å². The first-order valence-electron chi connectivity index (χ1n) is 8.10. The molecule has 1 aliphatic rings. The Balaban J connectivity index is 1.78. The lowest BCUT2D eigenvalue weighted by Crippen LogP contribution is -2.50. The second kappa shape index (κ2) is 8.46. The molecule has 134 valence electrons. The van der Waals surface area contributed by atoms with E-state index in [-0.39, 0.29) is 11.0 Å². The van der Waals surface area contributed by atoms with Crippen LogP contribution in [0.15, 0.2) is 29.2 Å². The van der Waals surface area contributed by atoms with Gasteiger partial charge in [0.05, 0.1) is 12.0 Å². The Labute approximate surface area is 143 Å². The Morgan fingerprint density at radius 2 is 1.79 bits per heavy atom. The molecule has 0 unspecified atom stereocenters. The van der Waals surface area contributed by atoms with Gasteiger partial charge in [0.25, 0.3) is 0 Å². The van der Waals surface area contributed by atoms with Crippen LogP contribution in [0.3, 0.4) is 0 Å². The Hall–Kier alpha value is -1.64. The third-order valence-electron chi connectivity index (χ3n) is 4.17. The van der Waals surface area contributed by atoms with E-state index < -0.39 is 10.0 Å². The summed E-state index contributed by atoms with van der Waals surface area (Å²) in [5, 5.41) is 0. The number of amides is 1. The molecule has 1 fully saturated rings. The van der Waals surface area contributed by atoms with Crippen molar-refractivity contribution in [3.63, 3.8) is 0 Å². The third-order valence-corrected chi connectivity index (χ3v) is 5.64. The predicted octanol–water partition coefficient (Wildman–Crippen LogP) is 0.911. The largest absolute Gasteiger partial charge is 0.453 e. The molecular weight excluding hydrogens is 330 g/mol. The Bertz CT molecular complexity index is 638. The highest BCUT2D eigenvalue weighted by Gasteiger charge is 2.21. The molecule has 1 saturated heterocycles. The fraction of sp³-hybridized carbons (Fsp3) is 0.562. The summed E-state index contributed by atoms with van der Waals surface area (Å²) in [5.74, 6) is 0. The second-order valence-electron chi connectivity index (χ2n) is 5.69. The minimum Gasteiger partial charge on any atom is -0.453 e. The van der Waals surface area contributed by atoms with E-state index in [1.165, 1.54) is 7.11 Å². The Morgan fingerprint density at radius 1 is 1.17 bits per heavy atom. The lowest BCUT2D eigenvalue weighted by Gasteiger charge is -2.33. The second-order valence-corrected chi connectivity index (χ2v) is 7.46. The summed E-state index contributed by atoms with van der Waals surface area (Å²) >= 11 is 0. The maximum Gasteiger partial charge on any atom is 0.409 e. The van der Waals surface area contributed by atoms with Crippen LogP contribution in [-0.4, -0.2) is 70.7 Å². The molecule has 1 heterocycles. The number of aryl methyl sites for hydroxylation is 1. The van der Waals surface area contributed by atoms with Gasteiger partial charge in [0.1, 0.15) is 0 Å². The van der Waals surface area contributed by atoms with E-state index in [0.717, 1.165) is 12.0 Å². The van der Waals surface area contributed by atoms with Gasteiger partial charge in [-0.3, -0.25) is 4.90 Å². The average Bonchev–Trinajstić information content (AvgIpc) is 2.61. The maximum absolute atomic E-state index is 12.3. The van der Waals surface area contributed by atoms with E-state index in [4.69, 9.17) is 4.74 Å². The van der Waals surface area contributed by atoms with Crippen LogP contribution in [0.2, 0.25) is 0 Å². The van der Waals surface area contributed by atoms with Crippen LogP contribution in [0.1, 0.15) is 12.5 Å². The van der Waals surface area contributed by atoms with Crippen molar-refractivity contribution in [2.45, 2.75) is 18.2 Å². The fourth-order valence-corrected chi connectivity index (χ4v) is 3.63. The molecule has 2 rings (SSSR count). The van der Waals surface area contributed by atoms with Gasteiger partial charge in [-0.05, 0) is 24.1 Å². The number of hydrogen-bond acceptors (Lipinski definition) is 5. The van der Waals surface area contributed by atoms with Crippen molar-refractivity contribution in [3.05, 3.63) is 29.8 Å². The normalized spacial score (nSPS) is 16.2. The van der Waals surface area contributed by atoms with Gasteiger partial charge < -0.3 is 9.64 Å². The van der Waals surface area contributed by atoms with Gasteiger partial charge in [0.2, 0.25) is 10.0 Å². The maximum atomic E-state index is 12.3. The number of sulfonamides is 1. The van der Waals surface area contributed by atoms with Crippen molar-refractivity contribution >= 4 is 16.1 Å². The molecule has 7 nitrogen and oxygen atoms in total. The molecular formula is C16H25N3O4S. The zero-order valence-electron chi connectivity index (χ0n) is 14.2. The number of carbonyl (C=O) groups is 1. The highest BCUT2D eigenvalue weighted by Crippen LogP contribution is 2.11. The Morgan fingerprint density at radius 3 is 2.33 bits per heavy atom. The molecule has 1 N–H and O–H groups in total. The topological polar surface area (TPSA) is 79.0 Å². The molecule has 0 radical (unpaired) electrons. The summed E-state index contributed by atoms with van der Waals surface area (Å²) < 4.78 is 31.8. The van der Waals surface area contributed by atoms with E-state index in [2.05, 4.69) is 9.62 Å². The lowest BCUT2D eigenvalue weighted by molar-refractivity contribution is 0.0918. The van der Waals surface area contributed by atoms with Crippen LogP contribution in [0.4, 0.5) is 4.79 Å². The number of rotatable bonds is 6. The molecule has 1 aromatic carbocycles. The Kier molecular flexibility index (Phi) is 6.59. The van der Waals surface area contributed by atoms with Gasteiger partial charge in [-0.15, -0.1) is 0 Å². The van der Waals surface area contributed by atoms with Gasteiger partial charge in [-0.25, -0.2) is 17.9 Å². The zero-order chi connectivity index (χ0) is 17.6. The standard InChI is InChI=1S/C16H25N3O4S/c1-3-14-4-6-15(7-5-14)24(21,22)17-8-9-18-10-12-19(13-11-18)16(20)23-2/h4-7,17H,3,8-13H2,1-2H3. The van der Waals surface area contributed by atoms with Crippen LogP contribution in [0.5, 0.6) is 0 Å². The fourth-order valence-electron chi connectivity index (χ4n) is 2.61. The van der Waals surface area contributed by atoms with E-state index in [0.29, 0.717) is 39.3 Å². The monoisotopic (exact) mass is 355 g/mol. The molecule has 1 amide bonds. The number of methoxy groups -OCH3 is 1. The van der Waals surface area contributed by atoms with Crippen molar-refractivity contribution in [1.82, 2.24) is 14.5 Å². The van der Waals surface area contributed by atoms with Gasteiger partial charge >= 0.3 is 6.09 Å². The number of carbonyl (C=O) groups excluding carboxylic acids is 1. The van der Waals surface area contributed by atoms with E-state index in [1.54, 1.807) is 17.0 Å². The summed E-state index contributed by atoms with van der Waals surface area (Å²) in [7, 11) is -2.10. The predicted molar refractivity (Wildman–Crippen MR) is 91.4 cm³/mol. The summed E-state index contributed by atoms with van der Waals surface area (Å²) in [6.07, 6.45) is 0.566. The van der Waals surface area contributed by atoms with Crippen LogP contribution < -0.4 is 4.72 Å². The minimum absolute atomic E-state index is 0.287. The SMILES string of the molecule is CCc1ccc(S(=O)(=O)NCCN2CCN(C(=O)OC)CC2)cc1. The molecule has 0 aromatic heterocycles. The molecule has 1 aromatic rings. The number of hydrogen-bond donors (Lipinski definition) is 1. The van der Waals surface area contributed by atoms with E-state index >= 15 is 0 Å². The number of nitrogens with one attached hydrogen (secondary N) is 1. The molecule has 0 atom stereocenters. The van der Waals surface area contributed by atoms with Crippen molar-refractivity contribution in [3.8, 4) is 0 Å². The highest BCUT2D eigenvalue weighted by atomic mass is 32.2. The molecule has 24 heavy (non-hydrogen) atoms. The number of benzene rings is 1. The summed E-state index contributed by atoms with van der Waals surface area (Å²) in [6.45, 7) is 5.60. The van der Waals surface area contributed by atoms with Gasteiger partial charge in [-0.1, -0.05) is 19.1 Å². The first-order valence-corrected chi connectivity index (χ1v) is 9.58. The summed E-state index contributed by atoms with van der Waals surface area (Å²) in [4.78, 5) is 15.5. The summed E-state index contributed by atoms with van der Waals surface area (Å²) in [5.41, 5.74) is 1.11.